The molecule has 0 radical (unpaired) electrons. The van der Waals surface area contributed by atoms with Crippen LogP contribution >= 0.6 is 15.9 Å². The molecule has 1 aromatic carbocycles. The molecule has 2 nitrogen and oxygen atoms in total. The summed E-state index contributed by atoms with van der Waals surface area (Å²) in [4.78, 5) is 13.9. The Morgan fingerprint density at radius 3 is 2.53 bits per heavy atom. The van der Waals surface area contributed by atoms with E-state index >= 15 is 0 Å². The highest BCUT2D eigenvalue weighted by Crippen LogP contribution is 2.14. The zero-order valence-electron chi connectivity index (χ0n) is 10.7. The molecule has 1 rings (SSSR count). The van der Waals surface area contributed by atoms with Gasteiger partial charge in [0.15, 0.2) is 0 Å². The quantitative estimate of drug-likeness (QED) is 0.762. The molecule has 3 heteroatoms. The monoisotopic (exact) mass is 297 g/mol. The van der Waals surface area contributed by atoms with Crippen LogP contribution in [0.15, 0.2) is 24.3 Å². The number of amides is 1. The summed E-state index contributed by atoms with van der Waals surface area (Å²) in [5.41, 5.74) is 2.46. The molecular weight excluding hydrogens is 278 g/mol. The maximum absolute atomic E-state index is 12.1. The minimum Gasteiger partial charge on any atom is -0.338 e. The van der Waals surface area contributed by atoms with E-state index in [1.54, 1.807) is 0 Å². The van der Waals surface area contributed by atoms with Gasteiger partial charge in [0.25, 0.3) is 0 Å². The molecule has 0 aliphatic carbocycles. The van der Waals surface area contributed by atoms with Gasteiger partial charge >= 0.3 is 0 Å². The number of hydrogen-bond donors (Lipinski definition) is 0. The van der Waals surface area contributed by atoms with Crippen LogP contribution in [0.3, 0.4) is 0 Å². The van der Waals surface area contributed by atoms with E-state index in [4.69, 9.17) is 0 Å². The molecule has 0 spiro atoms. The van der Waals surface area contributed by atoms with Crippen LogP contribution in [0.25, 0.3) is 0 Å². The fraction of sp³-hybridized carbons (Fsp3) is 0.500. The van der Waals surface area contributed by atoms with Gasteiger partial charge in [-0.05, 0) is 31.4 Å². The van der Waals surface area contributed by atoms with Crippen LogP contribution in [0.4, 0.5) is 0 Å². The van der Waals surface area contributed by atoms with Gasteiger partial charge in [-0.2, -0.15) is 0 Å². The van der Waals surface area contributed by atoms with Gasteiger partial charge in [-0.1, -0.05) is 47.1 Å². The second-order valence-corrected chi connectivity index (χ2v) is 5.26. The summed E-state index contributed by atoms with van der Waals surface area (Å²) in [5.74, 6) is 0.179. The van der Waals surface area contributed by atoms with Crippen molar-refractivity contribution in [1.29, 1.82) is 0 Å². The van der Waals surface area contributed by atoms with Crippen molar-refractivity contribution < 1.29 is 4.79 Å². The number of alkyl halides is 1. The second kappa shape index (κ2) is 6.80. The number of hydrogen-bond acceptors (Lipinski definition) is 1. The molecule has 17 heavy (non-hydrogen) atoms. The number of benzene rings is 1. The predicted octanol–water partition coefficient (Wildman–Crippen LogP) is 3.52. The Labute approximate surface area is 112 Å². The largest absolute Gasteiger partial charge is 0.338 e. The topological polar surface area (TPSA) is 20.3 Å². The van der Waals surface area contributed by atoms with E-state index in [2.05, 4.69) is 35.0 Å². The van der Waals surface area contributed by atoms with E-state index in [9.17, 15) is 4.79 Å². The zero-order valence-corrected chi connectivity index (χ0v) is 12.3. The van der Waals surface area contributed by atoms with Crippen LogP contribution in [0, 0.1) is 6.92 Å². The molecule has 0 saturated heterocycles. The zero-order chi connectivity index (χ0) is 12.8. The summed E-state index contributed by atoms with van der Waals surface area (Å²) < 4.78 is 0. The van der Waals surface area contributed by atoms with Crippen molar-refractivity contribution in [3.05, 3.63) is 35.4 Å². The minimum atomic E-state index is -0.0635. The highest BCUT2D eigenvalue weighted by molar-refractivity contribution is 9.10. The van der Waals surface area contributed by atoms with Gasteiger partial charge in [0.05, 0.1) is 4.83 Å². The van der Waals surface area contributed by atoms with Gasteiger partial charge in [0.2, 0.25) is 5.91 Å². The Kier molecular flexibility index (Phi) is 5.69. The summed E-state index contributed by atoms with van der Waals surface area (Å²) in [7, 11) is 0. The lowest BCUT2D eigenvalue weighted by molar-refractivity contribution is -0.130. The molecule has 0 N–H and O–H groups in total. The van der Waals surface area contributed by atoms with Gasteiger partial charge < -0.3 is 4.90 Å². The van der Waals surface area contributed by atoms with E-state index in [0.717, 1.165) is 13.0 Å². The summed E-state index contributed by atoms with van der Waals surface area (Å²) in [6.45, 7) is 7.56. The number of carbonyl (C=O) groups is 1. The summed E-state index contributed by atoms with van der Waals surface area (Å²) in [6.07, 6.45) is 0.823. The van der Waals surface area contributed by atoms with E-state index in [1.807, 2.05) is 30.9 Å². The lowest BCUT2D eigenvalue weighted by Crippen LogP contribution is -2.35. The minimum absolute atomic E-state index is 0.0635. The smallest absolute Gasteiger partial charge is 0.236 e. The first-order valence-electron chi connectivity index (χ1n) is 6.07. The number of nitrogens with zero attached hydrogens (tertiary/aromatic N) is 1. The van der Waals surface area contributed by atoms with Crippen molar-refractivity contribution in [2.24, 2.45) is 0 Å². The molecule has 0 aromatic heterocycles. The molecule has 1 unspecified atom stereocenters. The predicted molar refractivity (Wildman–Crippen MR) is 75.3 cm³/mol. The van der Waals surface area contributed by atoms with Crippen LogP contribution < -0.4 is 0 Å². The molecule has 1 amide bonds. The first-order valence-corrected chi connectivity index (χ1v) is 6.99. The highest BCUT2D eigenvalue weighted by atomic mass is 79.9. The van der Waals surface area contributed by atoms with Gasteiger partial charge in [-0.25, -0.2) is 0 Å². The Morgan fingerprint density at radius 2 is 2.00 bits per heavy atom. The molecular formula is C14H20BrNO. The van der Waals surface area contributed by atoms with E-state index in [0.29, 0.717) is 6.54 Å². The van der Waals surface area contributed by atoms with Gasteiger partial charge in [-0.3, -0.25) is 4.79 Å². The van der Waals surface area contributed by atoms with E-state index in [-0.39, 0.29) is 10.7 Å². The number of rotatable bonds is 5. The van der Waals surface area contributed by atoms with Crippen molar-refractivity contribution in [2.45, 2.75) is 38.6 Å². The fourth-order valence-corrected chi connectivity index (χ4v) is 2.00. The van der Waals surface area contributed by atoms with Crippen molar-refractivity contribution in [1.82, 2.24) is 4.90 Å². The van der Waals surface area contributed by atoms with Crippen molar-refractivity contribution in [3.63, 3.8) is 0 Å². The lowest BCUT2D eigenvalue weighted by Gasteiger charge is -2.24. The number of carbonyl (C=O) groups excluding carboxylic acids is 1. The third-order valence-corrected chi connectivity index (χ3v) is 3.98. The summed E-state index contributed by atoms with van der Waals surface area (Å²) in [6, 6.07) is 8.21. The van der Waals surface area contributed by atoms with Crippen molar-refractivity contribution >= 4 is 21.8 Å². The van der Waals surface area contributed by atoms with Gasteiger partial charge in [0, 0.05) is 13.1 Å². The van der Waals surface area contributed by atoms with Gasteiger partial charge in [-0.15, -0.1) is 0 Å². The number of halogens is 1. The average molecular weight is 298 g/mol. The van der Waals surface area contributed by atoms with E-state index in [1.165, 1.54) is 11.1 Å². The molecule has 0 heterocycles. The first-order chi connectivity index (χ1) is 8.10. The molecule has 0 saturated carbocycles. The first kappa shape index (κ1) is 14.2. The molecule has 1 aromatic rings. The van der Waals surface area contributed by atoms with Crippen molar-refractivity contribution in [3.8, 4) is 0 Å². The highest BCUT2D eigenvalue weighted by Gasteiger charge is 2.19. The van der Waals surface area contributed by atoms with Crippen molar-refractivity contribution in [2.75, 3.05) is 6.54 Å². The average Bonchev–Trinajstić information content (AvgIpc) is 2.36. The maximum Gasteiger partial charge on any atom is 0.236 e. The van der Waals surface area contributed by atoms with Gasteiger partial charge in [0.1, 0.15) is 0 Å². The molecule has 94 valence electrons. The molecule has 0 bridgehead atoms. The summed E-state index contributed by atoms with van der Waals surface area (Å²) in [5, 5.41) is 0. The standard InChI is InChI=1S/C14H20BrNO/c1-4-13(15)14(17)16(5-2)10-12-9-7-6-8-11(12)3/h6-9,13H,4-5,10H2,1-3H3. The maximum atomic E-state index is 12.1. The third kappa shape index (κ3) is 3.84. The van der Waals surface area contributed by atoms with Crippen LogP contribution in [0.1, 0.15) is 31.4 Å². The van der Waals surface area contributed by atoms with Crippen LogP contribution in [-0.4, -0.2) is 22.2 Å². The number of aryl methyl sites for hydroxylation is 1. The SMILES string of the molecule is CCC(Br)C(=O)N(CC)Cc1ccccc1C. The Bertz CT molecular complexity index is 378. The molecule has 1 atom stereocenters. The fourth-order valence-electron chi connectivity index (χ4n) is 1.71. The lowest BCUT2D eigenvalue weighted by atomic mass is 10.1. The molecule has 0 aliphatic heterocycles. The van der Waals surface area contributed by atoms with Crippen LogP contribution in [0.5, 0.6) is 0 Å². The Balaban J connectivity index is 2.77. The molecule has 0 fully saturated rings. The second-order valence-electron chi connectivity index (χ2n) is 4.15. The van der Waals surface area contributed by atoms with E-state index < -0.39 is 0 Å². The summed E-state index contributed by atoms with van der Waals surface area (Å²) >= 11 is 3.42. The van der Waals surface area contributed by atoms with Crippen LogP contribution in [-0.2, 0) is 11.3 Å². The Morgan fingerprint density at radius 1 is 1.35 bits per heavy atom. The van der Waals surface area contributed by atoms with Crippen LogP contribution in [0.2, 0.25) is 0 Å². The third-order valence-electron chi connectivity index (χ3n) is 2.94. The Hall–Kier alpha value is -0.830. The molecule has 0 aliphatic rings. The normalized spacial score (nSPS) is 12.2.